The van der Waals surface area contributed by atoms with Gasteiger partial charge < -0.3 is 79.5 Å². The molecule has 3 aliphatic heterocycles. The maximum atomic E-state index is 11.4. The molecule has 10 N–H and O–H groups in total. The van der Waals surface area contributed by atoms with E-state index in [-0.39, 0.29) is 0 Å². The maximum absolute atomic E-state index is 11.4. The fourth-order valence-corrected chi connectivity index (χ4v) is 7.89. The highest BCUT2D eigenvalue weighted by Gasteiger charge is 2.83. The van der Waals surface area contributed by atoms with Gasteiger partial charge in [0.2, 0.25) is 0 Å². The highest BCUT2D eigenvalue weighted by molar-refractivity contribution is 5.31. The van der Waals surface area contributed by atoms with E-state index in [0.717, 1.165) is 0 Å². The summed E-state index contributed by atoms with van der Waals surface area (Å²) in [6.45, 7) is 11.7. The Kier molecular flexibility index (Phi) is 10.7. The zero-order valence-corrected chi connectivity index (χ0v) is 26.7. The van der Waals surface area contributed by atoms with Crippen molar-refractivity contribution >= 4 is 0 Å². The lowest BCUT2D eigenvalue weighted by Gasteiger charge is -2.50. The summed E-state index contributed by atoms with van der Waals surface area (Å²) in [4.78, 5) is 0. The molecular formula is C29H52O16. The van der Waals surface area contributed by atoms with Crippen molar-refractivity contribution in [1.29, 1.82) is 0 Å². The van der Waals surface area contributed by atoms with Gasteiger partial charge in [-0.1, -0.05) is 48.5 Å². The Labute approximate surface area is 262 Å². The Morgan fingerprint density at radius 2 is 0.867 bits per heavy atom. The summed E-state index contributed by atoms with van der Waals surface area (Å²) in [5.41, 5.74) is -2.39. The van der Waals surface area contributed by atoms with Crippen molar-refractivity contribution in [2.75, 3.05) is 19.8 Å². The molecular weight excluding hydrogens is 604 g/mol. The maximum Gasteiger partial charge on any atom is 0.187 e. The van der Waals surface area contributed by atoms with Crippen molar-refractivity contribution in [3.05, 3.63) is 0 Å². The van der Waals surface area contributed by atoms with Crippen LogP contribution in [-0.4, -0.2) is 169 Å². The summed E-state index contributed by atoms with van der Waals surface area (Å²) >= 11 is 0. The lowest BCUT2D eigenvalue weighted by Crippen LogP contribution is -2.68. The van der Waals surface area contributed by atoms with Gasteiger partial charge in [-0.05, 0) is 5.41 Å². The van der Waals surface area contributed by atoms with Gasteiger partial charge >= 0.3 is 0 Å². The third-order valence-corrected chi connectivity index (χ3v) is 10.7. The fraction of sp³-hybridized carbons (Fsp3) is 1.00. The van der Waals surface area contributed by atoms with Crippen molar-refractivity contribution in [1.82, 2.24) is 0 Å². The summed E-state index contributed by atoms with van der Waals surface area (Å²) in [6.07, 6.45) is -24.7. The predicted octanol–water partition coefficient (Wildman–Crippen LogP) is -3.70. The summed E-state index contributed by atoms with van der Waals surface area (Å²) < 4.78 is 36.1. The first kappa shape index (κ1) is 37.2. The van der Waals surface area contributed by atoms with Crippen LogP contribution in [0.25, 0.3) is 0 Å². The number of hydrogen-bond acceptors (Lipinski definition) is 16. The molecule has 0 bridgehead atoms. The molecule has 7 unspecified atom stereocenters. The van der Waals surface area contributed by atoms with Gasteiger partial charge in [-0.3, -0.25) is 0 Å². The van der Waals surface area contributed by atoms with Crippen LogP contribution >= 0.6 is 0 Å². The molecule has 4 aliphatic rings. The molecule has 0 amide bonds. The van der Waals surface area contributed by atoms with Gasteiger partial charge in [-0.2, -0.15) is 0 Å². The average molecular weight is 657 g/mol. The smallest absolute Gasteiger partial charge is 0.187 e. The van der Waals surface area contributed by atoms with Crippen LogP contribution in [0.2, 0.25) is 0 Å². The molecule has 3 saturated heterocycles. The summed E-state index contributed by atoms with van der Waals surface area (Å²) in [7, 11) is 0. The van der Waals surface area contributed by atoms with E-state index < -0.39 is 134 Å². The monoisotopic (exact) mass is 656 g/mol. The number of aliphatic hydroxyl groups is 10. The van der Waals surface area contributed by atoms with Gasteiger partial charge in [0, 0.05) is 10.8 Å². The second-order valence-corrected chi connectivity index (χ2v) is 14.6. The van der Waals surface area contributed by atoms with Gasteiger partial charge in [0.1, 0.15) is 73.2 Å². The van der Waals surface area contributed by atoms with Gasteiger partial charge in [-0.15, -0.1) is 0 Å². The van der Waals surface area contributed by atoms with Crippen molar-refractivity contribution < 1.29 is 79.5 Å². The number of ether oxygens (including phenoxy) is 6. The Balaban J connectivity index is 1.76. The standard InChI is InChI=1S/C29H52O16/c1-26(2,3)29(27(4,5)28(29,6)7)45-25-22(44-24-20(39)18(37)15(34)12(9-31)41-24)21(16(35)13(10-32)42-25)43-23-19(38)17(36)14(33)11(8-30)40-23/h11-25,30-39H,8-10H2,1-7H3/t11-,12-,13?,14-,15-,16?,17+,18+,19+,20+,21?,22?,23?,24?,25?/m1/s1. The second kappa shape index (κ2) is 13.0. The van der Waals surface area contributed by atoms with Crippen LogP contribution in [0.1, 0.15) is 48.5 Å². The van der Waals surface area contributed by atoms with E-state index >= 15 is 0 Å². The molecule has 4 fully saturated rings. The highest BCUT2D eigenvalue weighted by Crippen LogP contribution is 2.79. The first-order valence-corrected chi connectivity index (χ1v) is 15.3. The molecule has 1 aliphatic carbocycles. The van der Waals surface area contributed by atoms with Crippen LogP contribution in [-0.2, 0) is 28.4 Å². The van der Waals surface area contributed by atoms with Crippen LogP contribution in [0.15, 0.2) is 0 Å². The van der Waals surface area contributed by atoms with Gasteiger partial charge in [0.15, 0.2) is 18.9 Å². The van der Waals surface area contributed by atoms with Gasteiger partial charge in [0.05, 0.1) is 25.4 Å². The lowest BCUT2D eigenvalue weighted by atomic mass is 9.80. The molecule has 0 aromatic heterocycles. The molecule has 15 atom stereocenters. The van der Waals surface area contributed by atoms with E-state index in [1.54, 1.807) is 0 Å². The summed E-state index contributed by atoms with van der Waals surface area (Å²) in [6, 6.07) is 0. The predicted molar refractivity (Wildman–Crippen MR) is 150 cm³/mol. The molecule has 1 saturated carbocycles. The summed E-state index contributed by atoms with van der Waals surface area (Å²) in [5.74, 6) is 0. The quantitative estimate of drug-likeness (QED) is 0.115. The zero-order valence-electron chi connectivity index (χ0n) is 26.7. The Morgan fingerprint density at radius 1 is 0.511 bits per heavy atom. The van der Waals surface area contributed by atoms with Crippen LogP contribution in [0.5, 0.6) is 0 Å². The molecule has 4 rings (SSSR count). The van der Waals surface area contributed by atoms with Gasteiger partial charge in [0.25, 0.3) is 0 Å². The average Bonchev–Trinajstić information content (AvgIpc) is 3.33. The van der Waals surface area contributed by atoms with E-state index in [2.05, 4.69) is 0 Å². The normalized spacial score (nSPS) is 47.8. The Hall–Kier alpha value is -0.640. The Bertz CT molecular complexity index is 985. The minimum absolute atomic E-state index is 0.465. The van der Waals surface area contributed by atoms with E-state index in [4.69, 9.17) is 28.4 Å². The minimum atomic E-state index is -1.88. The molecule has 45 heavy (non-hydrogen) atoms. The van der Waals surface area contributed by atoms with Crippen molar-refractivity contribution in [3.63, 3.8) is 0 Å². The SMILES string of the molecule is CC(C)(C)C1(OC2OC(CO)C(O)C(OC3O[C@H](CO)[C@@H](O)[C@H](O)[C@@H]3O)C2OC2O[C@H](CO)[C@@H](O)[C@H](O)[C@@H]2O)C(C)(C)C1(C)C. The van der Waals surface area contributed by atoms with E-state index in [1.165, 1.54) is 0 Å². The largest absolute Gasteiger partial charge is 0.394 e. The topological polar surface area (TPSA) is 258 Å². The minimum Gasteiger partial charge on any atom is -0.394 e. The number of rotatable bonds is 9. The van der Waals surface area contributed by atoms with Gasteiger partial charge in [-0.25, -0.2) is 0 Å². The number of hydrogen-bond donors (Lipinski definition) is 10. The number of aliphatic hydroxyl groups excluding tert-OH is 10. The lowest BCUT2D eigenvalue weighted by molar-refractivity contribution is -0.401. The van der Waals surface area contributed by atoms with Crippen molar-refractivity contribution in [2.45, 2.75) is 146 Å². The Morgan fingerprint density at radius 3 is 1.22 bits per heavy atom. The third kappa shape index (κ3) is 5.88. The van der Waals surface area contributed by atoms with Crippen molar-refractivity contribution in [2.24, 2.45) is 16.2 Å². The molecule has 3 heterocycles. The molecule has 16 nitrogen and oxygen atoms in total. The molecule has 0 aromatic carbocycles. The second-order valence-electron chi connectivity index (χ2n) is 14.6. The van der Waals surface area contributed by atoms with Crippen LogP contribution < -0.4 is 0 Å². The van der Waals surface area contributed by atoms with E-state index in [0.29, 0.717) is 0 Å². The molecule has 0 aromatic rings. The van der Waals surface area contributed by atoms with E-state index in [9.17, 15) is 51.1 Å². The van der Waals surface area contributed by atoms with Crippen molar-refractivity contribution in [3.8, 4) is 0 Å². The molecule has 0 spiro atoms. The van der Waals surface area contributed by atoms with Crippen LogP contribution in [0.4, 0.5) is 0 Å². The highest BCUT2D eigenvalue weighted by atomic mass is 16.8. The first-order valence-electron chi connectivity index (χ1n) is 15.3. The fourth-order valence-electron chi connectivity index (χ4n) is 7.89. The third-order valence-electron chi connectivity index (χ3n) is 10.7. The summed E-state index contributed by atoms with van der Waals surface area (Å²) in [5, 5.41) is 104. The van der Waals surface area contributed by atoms with E-state index in [1.807, 2.05) is 48.5 Å². The zero-order chi connectivity index (χ0) is 34.0. The van der Waals surface area contributed by atoms with Crippen LogP contribution in [0.3, 0.4) is 0 Å². The molecule has 264 valence electrons. The van der Waals surface area contributed by atoms with Crippen LogP contribution in [0, 0.1) is 16.2 Å². The molecule has 16 heteroatoms. The molecule has 0 radical (unpaired) electrons. The first-order chi connectivity index (χ1) is 20.7.